The summed E-state index contributed by atoms with van der Waals surface area (Å²) >= 11 is 7.90. The Bertz CT molecular complexity index is 966. The molecule has 1 saturated heterocycles. The number of rotatable bonds is 3. The molecule has 2 aromatic heterocycles. The summed E-state index contributed by atoms with van der Waals surface area (Å²) in [7, 11) is 1.81. The zero-order valence-corrected chi connectivity index (χ0v) is 16.3. The molecule has 0 radical (unpaired) electrons. The third-order valence-electron chi connectivity index (χ3n) is 4.73. The Morgan fingerprint density at radius 2 is 2.27 bits per heavy atom. The number of hydrogen-bond acceptors (Lipinski definition) is 5. The lowest BCUT2D eigenvalue weighted by atomic mass is 10.1. The van der Waals surface area contributed by atoms with Gasteiger partial charge < -0.3 is 10.2 Å². The van der Waals surface area contributed by atoms with Gasteiger partial charge in [-0.15, -0.1) is 0 Å². The van der Waals surface area contributed by atoms with Crippen LogP contribution in [0, 0.1) is 6.92 Å². The maximum absolute atomic E-state index is 12.4. The molecule has 0 bridgehead atoms. The van der Waals surface area contributed by atoms with E-state index in [0.29, 0.717) is 5.56 Å². The van der Waals surface area contributed by atoms with Crippen molar-refractivity contribution in [2.75, 3.05) is 18.0 Å². The van der Waals surface area contributed by atoms with Gasteiger partial charge in [0.05, 0.1) is 22.0 Å². The van der Waals surface area contributed by atoms with Crippen LogP contribution in [-0.2, 0) is 7.05 Å². The summed E-state index contributed by atoms with van der Waals surface area (Å²) in [5.41, 5.74) is 2.58. The van der Waals surface area contributed by atoms with E-state index in [1.807, 2.05) is 19.1 Å². The number of nitrogens with one attached hydrogen (secondary N) is 1. The highest BCUT2D eigenvalue weighted by Crippen LogP contribution is 2.34. The number of aromatic nitrogens is 3. The predicted octanol–water partition coefficient (Wildman–Crippen LogP) is 3.39. The van der Waals surface area contributed by atoms with Crippen molar-refractivity contribution in [2.24, 2.45) is 7.05 Å². The third-order valence-corrected chi connectivity index (χ3v) is 6.22. The fourth-order valence-electron chi connectivity index (χ4n) is 3.30. The second kappa shape index (κ2) is 6.89. The van der Waals surface area contributed by atoms with Crippen molar-refractivity contribution >= 4 is 44.2 Å². The van der Waals surface area contributed by atoms with Crippen LogP contribution >= 0.6 is 22.9 Å². The van der Waals surface area contributed by atoms with E-state index >= 15 is 0 Å². The molecule has 1 unspecified atom stereocenters. The van der Waals surface area contributed by atoms with Gasteiger partial charge in [0.2, 0.25) is 0 Å². The van der Waals surface area contributed by atoms with E-state index in [2.05, 4.69) is 15.3 Å². The largest absolute Gasteiger partial charge is 0.347 e. The number of aryl methyl sites for hydroxylation is 2. The number of carbonyl (C=O) groups excluding carboxylic acids is 1. The van der Waals surface area contributed by atoms with Crippen LogP contribution in [0.5, 0.6) is 0 Å². The van der Waals surface area contributed by atoms with Gasteiger partial charge in [-0.25, -0.2) is 4.98 Å². The minimum absolute atomic E-state index is 0.0723. The van der Waals surface area contributed by atoms with Crippen molar-refractivity contribution in [3.63, 3.8) is 0 Å². The summed E-state index contributed by atoms with van der Waals surface area (Å²) in [5.74, 6) is -0.0723. The highest BCUT2D eigenvalue weighted by molar-refractivity contribution is 7.22. The second-order valence-corrected chi connectivity index (χ2v) is 8.09. The number of carbonyl (C=O) groups is 1. The van der Waals surface area contributed by atoms with Crippen LogP contribution in [0.4, 0.5) is 5.13 Å². The predicted molar refractivity (Wildman–Crippen MR) is 105 cm³/mol. The maximum Gasteiger partial charge on any atom is 0.254 e. The van der Waals surface area contributed by atoms with Crippen LogP contribution in [0.15, 0.2) is 24.5 Å². The van der Waals surface area contributed by atoms with Gasteiger partial charge in [-0.2, -0.15) is 5.10 Å². The Morgan fingerprint density at radius 1 is 1.42 bits per heavy atom. The number of amides is 1. The molecule has 6 nitrogen and oxygen atoms in total. The molecule has 26 heavy (non-hydrogen) atoms. The van der Waals surface area contributed by atoms with Gasteiger partial charge in [-0.05, 0) is 37.5 Å². The van der Waals surface area contributed by atoms with Gasteiger partial charge in [-0.1, -0.05) is 22.9 Å². The number of anilines is 1. The zero-order chi connectivity index (χ0) is 18.3. The van der Waals surface area contributed by atoms with Crippen LogP contribution in [-0.4, -0.2) is 39.8 Å². The number of halogens is 1. The zero-order valence-electron chi connectivity index (χ0n) is 14.7. The van der Waals surface area contributed by atoms with E-state index < -0.39 is 0 Å². The molecule has 3 aromatic rings. The summed E-state index contributed by atoms with van der Waals surface area (Å²) in [4.78, 5) is 19.4. The number of nitrogens with zero attached hydrogens (tertiary/aromatic N) is 4. The van der Waals surface area contributed by atoms with Gasteiger partial charge in [0.25, 0.3) is 5.91 Å². The highest BCUT2D eigenvalue weighted by atomic mass is 35.5. The molecular formula is C18H20ClN5OS. The monoisotopic (exact) mass is 389 g/mol. The lowest BCUT2D eigenvalue weighted by Crippen LogP contribution is -2.47. The van der Waals surface area contributed by atoms with Gasteiger partial charge in [-0.3, -0.25) is 9.48 Å². The van der Waals surface area contributed by atoms with E-state index in [4.69, 9.17) is 16.6 Å². The molecule has 3 heterocycles. The third kappa shape index (κ3) is 3.29. The van der Waals surface area contributed by atoms with Crippen LogP contribution in [0.1, 0.15) is 28.8 Å². The topological polar surface area (TPSA) is 63.1 Å². The Labute approximate surface area is 160 Å². The Morgan fingerprint density at radius 3 is 3.04 bits per heavy atom. The first-order valence-electron chi connectivity index (χ1n) is 8.61. The fraction of sp³-hybridized carbons (Fsp3) is 0.389. The minimum Gasteiger partial charge on any atom is -0.347 e. The first-order chi connectivity index (χ1) is 12.5. The van der Waals surface area contributed by atoms with Crippen LogP contribution in [0.2, 0.25) is 5.02 Å². The smallest absolute Gasteiger partial charge is 0.254 e. The fourth-order valence-corrected chi connectivity index (χ4v) is 4.51. The van der Waals surface area contributed by atoms with Crippen molar-refractivity contribution in [3.05, 3.63) is 40.7 Å². The second-order valence-electron chi connectivity index (χ2n) is 6.68. The van der Waals surface area contributed by atoms with Crippen LogP contribution < -0.4 is 10.2 Å². The Kier molecular flexibility index (Phi) is 4.58. The molecule has 0 saturated carbocycles. The van der Waals surface area contributed by atoms with E-state index in [-0.39, 0.29) is 11.9 Å². The van der Waals surface area contributed by atoms with E-state index in [9.17, 15) is 4.79 Å². The maximum atomic E-state index is 12.4. The summed E-state index contributed by atoms with van der Waals surface area (Å²) in [6.45, 7) is 3.71. The molecular weight excluding hydrogens is 370 g/mol. The number of thiazole rings is 1. The molecule has 1 N–H and O–H groups in total. The lowest BCUT2D eigenvalue weighted by Gasteiger charge is -2.32. The SMILES string of the molecule is Cc1c(Cl)ccc2sc(N3CCCC(NC(=O)c4cnn(C)c4)C3)nc12. The summed E-state index contributed by atoms with van der Waals surface area (Å²) in [6.07, 6.45) is 5.32. The Balaban J connectivity index is 1.50. The molecule has 4 rings (SSSR count). The molecule has 0 aliphatic carbocycles. The highest BCUT2D eigenvalue weighted by Gasteiger charge is 2.24. The molecule has 1 aromatic carbocycles. The molecule has 8 heteroatoms. The number of benzene rings is 1. The van der Waals surface area contributed by atoms with Crippen molar-refractivity contribution in [2.45, 2.75) is 25.8 Å². The number of fused-ring (bicyclic) bond motifs is 1. The summed E-state index contributed by atoms with van der Waals surface area (Å²) in [6, 6.07) is 4.05. The van der Waals surface area contributed by atoms with Crippen LogP contribution in [0.25, 0.3) is 10.2 Å². The Hall–Kier alpha value is -2.12. The van der Waals surface area contributed by atoms with E-state index in [1.54, 1.807) is 35.5 Å². The first kappa shape index (κ1) is 17.3. The average molecular weight is 390 g/mol. The number of hydrogen-bond donors (Lipinski definition) is 1. The average Bonchev–Trinajstić information content (AvgIpc) is 3.25. The molecule has 136 valence electrons. The summed E-state index contributed by atoms with van der Waals surface area (Å²) in [5, 5.41) is 8.92. The standard InChI is InChI=1S/C18H20ClN5OS/c1-11-14(19)5-6-15-16(11)22-18(26-15)24-7-3-4-13(10-24)21-17(25)12-8-20-23(2)9-12/h5-6,8-9,13H,3-4,7,10H2,1-2H3,(H,21,25). The molecule has 1 atom stereocenters. The quantitative estimate of drug-likeness (QED) is 0.745. The van der Waals surface area contributed by atoms with Gasteiger partial charge in [0, 0.05) is 37.4 Å². The van der Waals surface area contributed by atoms with Crippen molar-refractivity contribution in [1.82, 2.24) is 20.1 Å². The summed E-state index contributed by atoms with van der Waals surface area (Å²) < 4.78 is 2.78. The number of piperidine rings is 1. The molecule has 1 amide bonds. The lowest BCUT2D eigenvalue weighted by molar-refractivity contribution is 0.0933. The van der Waals surface area contributed by atoms with Crippen molar-refractivity contribution in [1.29, 1.82) is 0 Å². The van der Waals surface area contributed by atoms with Crippen molar-refractivity contribution < 1.29 is 4.79 Å². The van der Waals surface area contributed by atoms with E-state index in [0.717, 1.165) is 51.9 Å². The van der Waals surface area contributed by atoms with Crippen molar-refractivity contribution in [3.8, 4) is 0 Å². The normalized spacial score (nSPS) is 17.7. The minimum atomic E-state index is -0.0723. The molecule has 1 fully saturated rings. The van der Waals surface area contributed by atoms with Crippen LogP contribution in [0.3, 0.4) is 0 Å². The first-order valence-corrected chi connectivity index (χ1v) is 9.81. The van der Waals surface area contributed by atoms with Gasteiger partial charge >= 0.3 is 0 Å². The van der Waals surface area contributed by atoms with Gasteiger partial charge in [0.1, 0.15) is 0 Å². The van der Waals surface area contributed by atoms with E-state index in [1.165, 1.54) is 0 Å². The molecule has 1 aliphatic rings. The molecule has 0 spiro atoms. The molecule has 1 aliphatic heterocycles. The van der Waals surface area contributed by atoms with Gasteiger partial charge in [0.15, 0.2) is 5.13 Å².